The molecule has 44 heavy (non-hydrogen) atoms. The van der Waals surface area contributed by atoms with Crippen molar-refractivity contribution in [2.24, 2.45) is 0 Å². The van der Waals surface area contributed by atoms with Crippen molar-refractivity contribution < 1.29 is 32.6 Å². The molecule has 0 saturated heterocycles. The first-order valence-corrected chi connectivity index (χ1v) is 19.0. The maximum absolute atomic E-state index is 13.3. The lowest BCUT2D eigenvalue weighted by Gasteiger charge is -2.43. The van der Waals surface area contributed by atoms with Crippen molar-refractivity contribution in [2.75, 3.05) is 19.0 Å². The molecule has 0 fully saturated rings. The molecule has 1 aliphatic heterocycles. The monoisotopic (exact) mass is 638 g/mol. The van der Waals surface area contributed by atoms with Crippen LogP contribution in [0.15, 0.2) is 93.9 Å². The van der Waals surface area contributed by atoms with Crippen LogP contribution >= 0.6 is 0 Å². The second-order valence-corrected chi connectivity index (χ2v) is 19.0. The van der Waals surface area contributed by atoms with Crippen LogP contribution in [0.5, 0.6) is 0 Å². The Kier molecular flexibility index (Phi) is 11.3. The van der Waals surface area contributed by atoms with Crippen molar-refractivity contribution >= 4 is 34.6 Å². The van der Waals surface area contributed by atoms with Gasteiger partial charge in [0.15, 0.2) is 9.84 Å². The average molecular weight is 639 g/mol. The first kappa shape index (κ1) is 34.1. The van der Waals surface area contributed by atoms with Gasteiger partial charge in [0.05, 0.1) is 25.1 Å². The van der Waals surface area contributed by atoms with E-state index in [1.54, 1.807) is 12.1 Å². The molecule has 0 unspecified atom stereocenters. The van der Waals surface area contributed by atoms with Crippen LogP contribution in [0.25, 0.3) is 6.08 Å². The Bertz CT molecular complexity index is 1500. The molecule has 0 bridgehead atoms. The zero-order valence-corrected chi connectivity index (χ0v) is 28.0. The smallest absolute Gasteiger partial charge is 0.261 e. The SMILES string of the molecule is CCC/C(=C\c1ccc(CO)o1)CC[C@@H](O)C1=C(CO[Si](c2ccccc2)(c2ccccc2)C(C)(C)C)CS(=O)(=O)[C@H]1CO. The van der Waals surface area contributed by atoms with E-state index in [4.69, 9.17) is 8.84 Å². The summed E-state index contributed by atoms with van der Waals surface area (Å²) in [6.07, 6.45) is 3.35. The van der Waals surface area contributed by atoms with Crippen molar-refractivity contribution in [3.05, 3.63) is 101 Å². The molecule has 1 aromatic heterocycles. The van der Waals surface area contributed by atoms with Gasteiger partial charge in [0.25, 0.3) is 8.32 Å². The van der Waals surface area contributed by atoms with Gasteiger partial charge >= 0.3 is 0 Å². The molecule has 0 saturated carbocycles. The van der Waals surface area contributed by atoms with E-state index in [1.807, 2.05) is 42.5 Å². The molecule has 1 aliphatic rings. The summed E-state index contributed by atoms with van der Waals surface area (Å²) in [6.45, 7) is 7.83. The highest BCUT2D eigenvalue weighted by Gasteiger charge is 2.51. The minimum Gasteiger partial charge on any atom is -0.459 e. The fraction of sp³-hybridized carbons (Fsp3) is 0.429. The van der Waals surface area contributed by atoms with Crippen LogP contribution in [0.1, 0.15) is 64.9 Å². The summed E-state index contributed by atoms with van der Waals surface area (Å²) in [7, 11) is -6.67. The molecule has 7 nitrogen and oxygen atoms in total. The number of aliphatic hydroxyl groups is 3. The molecular formula is C35H46O7SSi. The molecule has 9 heteroatoms. The van der Waals surface area contributed by atoms with E-state index in [2.05, 4.69) is 52.0 Å². The molecular weight excluding hydrogens is 593 g/mol. The fourth-order valence-electron chi connectivity index (χ4n) is 6.42. The molecule has 0 amide bonds. The Morgan fingerprint density at radius 2 is 1.61 bits per heavy atom. The fourth-order valence-corrected chi connectivity index (χ4v) is 12.8. The Morgan fingerprint density at radius 3 is 2.11 bits per heavy atom. The molecule has 2 heterocycles. The molecule has 2 aromatic carbocycles. The molecule has 3 N–H and O–H groups in total. The molecule has 238 valence electrons. The summed E-state index contributed by atoms with van der Waals surface area (Å²) in [5.74, 6) is 0.851. The topological polar surface area (TPSA) is 117 Å². The summed E-state index contributed by atoms with van der Waals surface area (Å²) in [5, 5.41) is 31.8. The molecule has 0 aliphatic carbocycles. The van der Waals surface area contributed by atoms with Gasteiger partial charge < -0.3 is 24.2 Å². The van der Waals surface area contributed by atoms with Crippen molar-refractivity contribution in [3.63, 3.8) is 0 Å². The van der Waals surface area contributed by atoms with Gasteiger partial charge in [-0.2, -0.15) is 0 Å². The minimum absolute atomic E-state index is 0.0450. The average Bonchev–Trinajstić information content (AvgIpc) is 3.56. The van der Waals surface area contributed by atoms with Gasteiger partial charge in [0, 0.05) is 0 Å². The number of aliphatic hydroxyl groups excluding tert-OH is 3. The van der Waals surface area contributed by atoms with E-state index >= 15 is 0 Å². The summed E-state index contributed by atoms with van der Waals surface area (Å²) >= 11 is 0. The Labute approximate surface area is 263 Å². The standard InChI is InChI=1S/C35H46O7SSi/c1-5-12-26(21-28-18-19-29(22-36)42-28)17-20-32(38)34-27(25-43(39,40)33(34)23-37)24-41-44(35(2,3)4,30-13-8-6-9-14-30)31-15-10-7-11-16-31/h6-11,13-16,18-19,21,32-33,36-38H,5,12,17,20,22-25H2,1-4H3/b26-21+/t32-,33+/m1/s1. The summed E-state index contributed by atoms with van der Waals surface area (Å²) in [6, 6.07) is 23.8. The van der Waals surface area contributed by atoms with Gasteiger partial charge in [0.2, 0.25) is 0 Å². The highest BCUT2D eigenvalue weighted by Crippen LogP contribution is 2.39. The largest absolute Gasteiger partial charge is 0.459 e. The lowest BCUT2D eigenvalue weighted by Crippen LogP contribution is -2.66. The van der Waals surface area contributed by atoms with E-state index < -0.39 is 36.1 Å². The second-order valence-electron chi connectivity index (χ2n) is 12.6. The van der Waals surface area contributed by atoms with Gasteiger partial charge in [-0.3, -0.25) is 0 Å². The third-order valence-electron chi connectivity index (χ3n) is 8.46. The predicted molar refractivity (Wildman–Crippen MR) is 178 cm³/mol. The Balaban J connectivity index is 1.69. The molecule has 4 rings (SSSR count). The van der Waals surface area contributed by atoms with E-state index in [9.17, 15) is 23.7 Å². The molecule has 0 radical (unpaired) electrons. The number of sulfone groups is 1. The van der Waals surface area contributed by atoms with E-state index in [0.29, 0.717) is 35.5 Å². The zero-order chi connectivity index (χ0) is 32.0. The van der Waals surface area contributed by atoms with Crippen LogP contribution in [-0.4, -0.2) is 62.4 Å². The van der Waals surface area contributed by atoms with Crippen molar-refractivity contribution in [1.29, 1.82) is 0 Å². The number of benzene rings is 2. The summed E-state index contributed by atoms with van der Waals surface area (Å²) < 4.78 is 39.3. The van der Waals surface area contributed by atoms with Crippen LogP contribution in [0.2, 0.25) is 5.04 Å². The highest BCUT2D eigenvalue weighted by atomic mass is 32.2. The van der Waals surface area contributed by atoms with Crippen molar-refractivity contribution in [1.82, 2.24) is 0 Å². The van der Waals surface area contributed by atoms with E-state index in [0.717, 1.165) is 28.8 Å². The maximum Gasteiger partial charge on any atom is 0.261 e. The summed E-state index contributed by atoms with van der Waals surface area (Å²) in [4.78, 5) is 0. The third kappa shape index (κ3) is 7.36. The Morgan fingerprint density at radius 1 is 1.00 bits per heavy atom. The number of furan rings is 1. The van der Waals surface area contributed by atoms with Gasteiger partial charge in [-0.05, 0) is 64.0 Å². The summed E-state index contributed by atoms with van der Waals surface area (Å²) in [5.41, 5.74) is 1.95. The van der Waals surface area contributed by atoms with Crippen LogP contribution in [-0.2, 0) is 20.9 Å². The van der Waals surface area contributed by atoms with Crippen LogP contribution in [0, 0.1) is 0 Å². The molecule has 3 aromatic rings. The number of hydrogen-bond donors (Lipinski definition) is 3. The zero-order valence-electron chi connectivity index (χ0n) is 26.2. The van der Waals surface area contributed by atoms with Gasteiger partial charge in [-0.1, -0.05) is 100 Å². The van der Waals surface area contributed by atoms with E-state index in [1.165, 1.54) is 0 Å². The van der Waals surface area contributed by atoms with Crippen molar-refractivity contribution in [3.8, 4) is 0 Å². The van der Waals surface area contributed by atoms with E-state index in [-0.39, 0.29) is 24.0 Å². The normalized spacial score (nSPS) is 18.2. The van der Waals surface area contributed by atoms with Crippen LogP contribution < -0.4 is 10.4 Å². The van der Waals surface area contributed by atoms with Crippen molar-refractivity contribution in [2.45, 2.75) is 76.4 Å². The second kappa shape index (κ2) is 14.5. The minimum atomic E-state index is -3.71. The molecule has 0 spiro atoms. The maximum atomic E-state index is 13.3. The number of rotatable bonds is 14. The van der Waals surface area contributed by atoms with Crippen LogP contribution in [0.4, 0.5) is 0 Å². The lowest BCUT2D eigenvalue weighted by molar-refractivity contribution is 0.186. The first-order chi connectivity index (χ1) is 21.0. The predicted octanol–water partition coefficient (Wildman–Crippen LogP) is 4.76. The Hall–Kier alpha value is -2.79. The lowest BCUT2D eigenvalue weighted by atomic mass is 9.94. The first-order valence-electron chi connectivity index (χ1n) is 15.3. The highest BCUT2D eigenvalue weighted by molar-refractivity contribution is 7.92. The third-order valence-corrected chi connectivity index (χ3v) is 15.5. The van der Waals surface area contributed by atoms with Gasteiger partial charge in [-0.15, -0.1) is 0 Å². The van der Waals surface area contributed by atoms with Crippen LogP contribution in [0.3, 0.4) is 0 Å². The van der Waals surface area contributed by atoms with Gasteiger partial charge in [-0.25, -0.2) is 8.42 Å². The quantitative estimate of drug-likeness (QED) is 0.172. The number of allylic oxidation sites excluding steroid dienone is 1. The molecule has 2 atom stereocenters. The number of hydrogen-bond acceptors (Lipinski definition) is 7. The van der Waals surface area contributed by atoms with Gasteiger partial charge in [0.1, 0.15) is 23.4 Å².